The fourth-order valence-electron chi connectivity index (χ4n) is 1.89. The lowest BCUT2D eigenvalue weighted by Crippen LogP contribution is -2.42. The second kappa shape index (κ2) is 6.60. The van der Waals surface area contributed by atoms with Crippen molar-refractivity contribution in [3.8, 4) is 0 Å². The normalized spacial score (nSPS) is 14.1. The minimum absolute atomic E-state index is 0.00296. The minimum atomic E-state index is -0.447. The van der Waals surface area contributed by atoms with Gasteiger partial charge in [-0.3, -0.25) is 13.9 Å². The molecule has 0 amide bonds. The molecule has 1 rings (SSSR count). The average Bonchev–Trinajstić information content (AvgIpc) is 2.44. The number of nitrogens with one attached hydrogen (secondary N) is 1. The molecule has 0 radical (unpaired) electrons. The first kappa shape index (κ1) is 16.3. The molecular formula is C13H24N4O3. The van der Waals surface area contributed by atoms with Crippen LogP contribution in [0.5, 0.6) is 0 Å². The number of aliphatic hydroxyl groups is 1. The molecule has 4 N–H and O–H groups in total. The summed E-state index contributed by atoms with van der Waals surface area (Å²) in [7, 11) is 1.43. The maximum atomic E-state index is 12.2. The molecule has 7 heteroatoms. The van der Waals surface area contributed by atoms with E-state index in [1.807, 2.05) is 20.8 Å². The third-order valence-corrected chi connectivity index (χ3v) is 3.54. The van der Waals surface area contributed by atoms with Crippen molar-refractivity contribution in [1.82, 2.24) is 9.13 Å². The van der Waals surface area contributed by atoms with E-state index in [-0.39, 0.29) is 30.1 Å². The third kappa shape index (κ3) is 3.04. The van der Waals surface area contributed by atoms with Gasteiger partial charge in [-0.15, -0.1) is 0 Å². The fraction of sp³-hybridized carbons (Fsp3) is 0.692. The number of nitrogens with zero attached hydrogens (tertiary/aromatic N) is 2. The Labute approximate surface area is 118 Å². The van der Waals surface area contributed by atoms with Gasteiger partial charge < -0.3 is 16.2 Å². The molecule has 0 saturated carbocycles. The highest BCUT2D eigenvalue weighted by molar-refractivity contribution is 5.61. The lowest BCUT2D eigenvalue weighted by molar-refractivity contribution is 0.226. The fourth-order valence-corrected chi connectivity index (χ4v) is 1.89. The van der Waals surface area contributed by atoms with E-state index < -0.39 is 11.2 Å². The zero-order valence-electron chi connectivity index (χ0n) is 12.5. The van der Waals surface area contributed by atoms with Crippen molar-refractivity contribution in [2.75, 3.05) is 17.7 Å². The molecule has 0 aliphatic rings. The highest BCUT2D eigenvalue weighted by atomic mass is 16.3. The number of rotatable bonds is 6. The number of hydrogen-bond acceptors (Lipinski definition) is 5. The first-order valence-corrected chi connectivity index (χ1v) is 6.81. The molecular weight excluding hydrogens is 260 g/mol. The summed E-state index contributed by atoms with van der Waals surface area (Å²) in [5.41, 5.74) is 5.31. The molecule has 0 bridgehead atoms. The van der Waals surface area contributed by atoms with Gasteiger partial charge in [-0.05, 0) is 19.3 Å². The molecule has 1 aromatic rings. The van der Waals surface area contributed by atoms with E-state index in [9.17, 15) is 9.59 Å². The minimum Gasteiger partial charge on any atom is -0.396 e. The maximum absolute atomic E-state index is 12.2. The summed E-state index contributed by atoms with van der Waals surface area (Å²) in [6.45, 7) is 6.11. The molecule has 114 valence electrons. The second-order valence-corrected chi connectivity index (χ2v) is 5.15. The quantitative estimate of drug-likeness (QED) is 0.680. The van der Waals surface area contributed by atoms with E-state index in [0.717, 1.165) is 11.0 Å². The Kier molecular flexibility index (Phi) is 5.38. The van der Waals surface area contributed by atoms with Crippen molar-refractivity contribution in [2.24, 2.45) is 13.0 Å². The van der Waals surface area contributed by atoms with Crippen LogP contribution in [0.2, 0.25) is 0 Å². The Morgan fingerprint density at radius 2 is 1.95 bits per heavy atom. The summed E-state index contributed by atoms with van der Waals surface area (Å²) >= 11 is 0. The predicted molar refractivity (Wildman–Crippen MR) is 80.0 cm³/mol. The van der Waals surface area contributed by atoms with Gasteiger partial charge in [-0.25, -0.2) is 4.79 Å². The topological polar surface area (TPSA) is 102 Å². The van der Waals surface area contributed by atoms with Crippen molar-refractivity contribution in [2.45, 2.75) is 39.8 Å². The van der Waals surface area contributed by atoms with Gasteiger partial charge in [-0.2, -0.15) is 0 Å². The van der Waals surface area contributed by atoms with Crippen LogP contribution in [0.1, 0.15) is 27.2 Å². The van der Waals surface area contributed by atoms with Crippen LogP contribution in [-0.4, -0.2) is 26.9 Å². The molecule has 0 fully saturated rings. The Balaban J connectivity index is 3.33. The molecule has 1 aromatic heterocycles. The lowest BCUT2D eigenvalue weighted by atomic mass is 10.1. The number of nitrogens with two attached hydrogens (primary N) is 1. The summed E-state index contributed by atoms with van der Waals surface area (Å²) in [5.74, 6) is 0.114. The summed E-state index contributed by atoms with van der Waals surface area (Å²) < 4.78 is 2.44. The van der Waals surface area contributed by atoms with E-state index in [2.05, 4.69) is 5.32 Å². The summed E-state index contributed by atoms with van der Waals surface area (Å²) in [5, 5.41) is 12.2. The van der Waals surface area contributed by atoms with E-state index in [4.69, 9.17) is 10.8 Å². The number of nitrogen functional groups attached to an aromatic ring is 1. The molecule has 20 heavy (non-hydrogen) atoms. The molecule has 0 aliphatic carbocycles. The van der Waals surface area contributed by atoms with Crippen LogP contribution in [0.3, 0.4) is 0 Å². The number of aliphatic hydroxyl groups excluding tert-OH is 1. The smallest absolute Gasteiger partial charge is 0.332 e. The van der Waals surface area contributed by atoms with Crippen LogP contribution in [0, 0.1) is 5.92 Å². The van der Waals surface area contributed by atoms with E-state index in [0.29, 0.717) is 6.54 Å². The van der Waals surface area contributed by atoms with E-state index in [1.54, 1.807) is 0 Å². The maximum Gasteiger partial charge on any atom is 0.332 e. The summed E-state index contributed by atoms with van der Waals surface area (Å²) in [4.78, 5) is 24.2. The van der Waals surface area contributed by atoms with Crippen molar-refractivity contribution in [3.63, 3.8) is 0 Å². The average molecular weight is 284 g/mol. The van der Waals surface area contributed by atoms with Crippen LogP contribution in [-0.2, 0) is 13.6 Å². The summed E-state index contributed by atoms with van der Waals surface area (Å²) in [6.07, 6.45) is 0.740. The van der Waals surface area contributed by atoms with Gasteiger partial charge in [0.1, 0.15) is 11.5 Å². The Bertz CT molecular complexity index is 576. The number of aromatic nitrogens is 2. The highest BCUT2D eigenvalue weighted by Crippen LogP contribution is 2.15. The monoisotopic (exact) mass is 284 g/mol. The van der Waals surface area contributed by atoms with E-state index >= 15 is 0 Å². The molecule has 0 aromatic carbocycles. The summed E-state index contributed by atoms with van der Waals surface area (Å²) in [6, 6.07) is -0.137. The molecule has 1 heterocycles. The van der Waals surface area contributed by atoms with E-state index in [1.165, 1.54) is 11.6 Å². The first-order chi connectivity index (χ1) is 9.34. The van der Waals surface area contributed by atoms with Gasteiger partial charge in [0.25, 0.3) is 5.56 Å². The Morgan fingerprint density at radius 1 is 1.35 bits per heavy atom. The van der Waals surface area contributed by atoms with Gasteiger partial charge in [0.15, 0.2) is 0 Å². The Hall–Kier alpha value is -1.76. The van der Waals surface area contributed by atoms with Crippen molar-refractivity contribution in [1.29, 1.82) is 0 Å². The van der Waals surface area contributed by atoms with Gasteiger partial charge in [-0.1, -0.05) is 13.8 Å². The predicted octanol–water partition coefficient (Wildman–Crippen LogP) is -0.0320. The zero-order valence-corrected chi connectivity index (χ0v) is 12.5. The SMILES string of the molecule is CCCn1c(N)c(NC(C)C(C)CO)c(=O)n(C)c1=O. The van der Waals surface area contributed by atoms with Gasteiger partial charge in [0, 0.05) is 26.2 Å². The third-order valence-electron chi connectivity index (χ3n) is 3.54. The first-order valence-electron chi connectivity index (χ1n) is 6.81. The highest BCUT2D eigenvalue weighted by Gasteiger charge is 2.18. The van der Waals surface area contributed by atoms with Crippen molar-refractivity contribution in [3.05, 3.63) is 20.8 Å². The molecule has 2 atom stereocenters. The molecule has 0 spiro atoms. The molecule has 7 nitrogen and oxygen atoms in total. The van der Waals surface area contributed by atoms with Crippen LogP contribution >= 0.6 is 0 Å². The van der Waals surface area contributed by atoms with Gasteiger partial charge in [0.05, 0.1) is 0 Å². The molecule has 0 saturated heterocycles. The number of anilines is 2. The van der Waals surface area contributed by atoms with Gasteiger partial charge >= 0.3 is 5.69 Å². The van der Waals surface area contributed by atoms with Crippen LogP contribution < -0.4 is 22.3 Å². The number of hydrogen-bond donors (Lipinski definition) is 3. The van der Waals surface area contributed by atoms with Crippen LogP contribution in [0.15, 0.2) is 9.59 Å². The van der Waals surface area contributed by atoms with Crippen LogP contribution in [0.4, 0.5) is 11.5 Å². The van der Waals surface area contributed by atoms with Crippen molar-refractivity contribution < 1.29 is 5.11 Å². The standard InChI is InChI=1S/C13H24N4O3/c1-5-6-17-11(14)10(12(19)16(4)13(17)20)15-9(3)8(2)7-18/h8-9,15,18H,5-7,14H2,1-4H3. The van der Waals surface area contributed by atoms with Gasteiger partial charge in [0.2, 0.25) is 0 Å². The lowest BCUT2D eigenvalue weighted by Gasteiger charge is -2.22. The second-order valence-electron chi connectivity index (χ2n) is 5.15. The molecule has 0 aliphatic heterocycles. The zero-order chi connectivity index (χ0) is 15.4. The van der Waals surface area contributed by atoms with Crippen LogP contribution in [0.25, 0.3) is 0 Å². The Morgan fingerprint density at radius 3 is 2.45 bits per heavy atom. The largest absolute Gasteiger partial charge is 0.396 e. The molecule has 2 unspecified atom stereocenters. The van der Waals surface area contributed by atoms with Crippen molar-refractivity contribution >= 4 is 11.5 Å².